The molecule has 0 atom stereocenters. The maximum atomic E-state index is 13.5. The fraction of sp³-hybridized carbons (Fsp3) is 0.0400. The predicted octanol–water partition coefficient (Wildman–Crippen LogP) is 5.65. The molecule has 5 aromatic rings. The monoisotopic (exact) mass is 519 g/mol. The first-order chi connectivity index (χ1) is 15.1. The lowest BCUT2D eigenvalue weighted by Crippen LogP contribution is -2.22. The molecule has 0 saturated heterocycles. The third kappa shape index (κ3) is 3.63. The van der Waals surface area contributed by atoms with Gasteiger partial charge in [0, 0.05) is 20.7 Å². The Balaban J connectivity index is 1.72. The van der Waals surface area contributed by atoms with Crippen LogP contribution in [0.2, 0.25) is 0 Å². The summed E-state index contributed by atoms with van der Waals surface area (Å²) in [5.41, 5.74) is 3.41. The highest BCUT2D eigenvalue weighted by Gasteiger charge is 2.12. The number of aromatic nitrogens is 3. The van der Waals surface area contributed by atoms with Crippen molar-refractivity contribution in [1.29, 1.82) is 0 Å². The summed E-state index contributed by atoms with van der Waals surface area (Å²) in [7, 11) is 1.62. The highest BCUT2D eigenvalue weighted by atomic mass is 127. The van der Waals surface area contributed by atoms with Crippen molar-refractivity contribution in [2.45, 2.75) is 0 Å². The van der Waals surface area contributed by atoms with Gasteiger partial charge in [-0.15, -0.1) is 0 Å². The first kappa shape index (κ1) is 19.6. The second kappa shape index (κ2) is 8.03. The average Bonchev–Trinajstić information content (AvgIpc) is 3.21. The Bertz CT molecular complexity index is 1500. The molecule has 5 rings (SSSR count). The summed E-state index contributed by atoms with van der Waals surface area (Å²) in [5, 5.41) is 1.71. The van der Waals surface area contributed by atoms with E-state index in [0.29, 0.717) is 16.7 Å². The number of nitrogens with one attached hydrogen (secondary N) is 1. The van der Waals surface area contributed by atoms with Gasteiger partial charge in [0.1, 0.15) is 11.6 Å². The topological polar surface area (TPSA) is 59.9 Å². The molecule has 0 saturated carbocycles. The van der Waals surface area contributed by atoms with Crippen LogP contribution in [0, 0.1) is 3.57 Å². The quantitative estimate of drug-likeness (QED) is 0.312. The number of aromatic amines is 1. The maximum absolute atomic E-state index is 13.5. The lowest BCUT2D eigenvalue weighted by Gasteiger charge is -2.12. The molecule has 3 aromatic carbocycles. The van der Waals surface area contributed by atoms with Crippen LogP contribution >= 0.6 is 22.6 Å². The van der Waals surface area contributed by atoms with Crippen molar-refractivity contribution in [2.75, 3.05) is 7.11 Å². The summed E-state index contributed by atoms with van der Waals surface area (Å²) in [5.74, 6) is 1.30. The van der Waals surface area contributed by atoms with E-state index >= 15 is 0 Å². The first-order valence-corrected chi connectivity index (χ1v) is 10.8. The second-order valence-corrected chi connectivity index (χ2v) is 8.34. The van der Waals surface area contributed by atoms with Crippen LogP contribution in [-0.4, -0.2) is 21.6 Å². The molecule has 0 amide bonds. The standard InChI is InChI=1S/C25H18IN3O2/c1-31-19-10-8-18(9-11-19)29-24(28-23-12-7-17(26)14-21(23)25(29)30)13-6-16-15-27-22-5-3-2-4-20(16)22/h2-15,27H,1H3/b13-6-. The van der Waals surface area contributed by atoms with Crippen molar-refractivity contribution in [2.24, 2.45) is 0 Å². The SMILES string of the molecule is COc1ccc(-n2c(/C=C\c3c[nH]c4ccccc34)nc3ccc(I)cc3c2=O)cc1. The lowest BCUT2D eigenvalue weighted by molar-refractivity contribution is 0.414. The molecule has 0 aliphatic rings. The number of para-hydroxylation sites is 1. The molecule has 2 aromatic heterocycles. The molecule has 0 aliphatic heterocycles. The zero-order valence-electron chi connectivity index (χ0n) is 16.7. The number of halogens is 1. The number of fused-ring (bicyclic) bond motifs is 2. The molecule has 0 bridgehead atoms. The minimum absolute atomic E-state index is 0.104. The van der Waals surface area contributed by atoms with E-state index < -0.39 is 0 Å². The molecular formula is C25H18IN3O2. The van der Waals surface area contributed by atoms with E-state index in [1.807, 2.05) is 79.0 Å². The van der Waals surface area contributed by atoms with Crippen LogP contribution in [0.25, 0.3) is 39.6 Å². The van der Waals surface area contributed by atoms with Crippen LogP contribution in [0.5, 0.6) is 5.75 Å². The third-order valence-electron chi connectivity index (χ3n) is 5.22. The normalized spacial score (nSPS) is 11.5. The number of methoxy groups -OCH3 is 1. The fourth-order valence-electron chi connectivity index (χ4n) is 3.66. The van der Waals surface area contributed by atoms with E-state index in [-0.39, 0.29) is 5.56 Å². The van der Waals surface area contributed by atoms with Crippen molar-refractivity contribution in [1.82, 2.24) is 14.5 Å². The zero-order valence-corrected chi connectivity index (χ0v) is 18.8. The summed E-state index contributed by atoms with van der Waals surface area (Å²) in [4.78, 5) is 21.6. The largest absolute Gasteiger partial charge is 0.497 e. The minimum atomic E-state index is -0.104. The van der Waals surface area contributed by atoms with Gasteiger partial charge in [-0.25, -0.2) is 4.98 Å². The molecule has 2 heterocycles. The molecule has 1 N–H and O–H groups in total. The Kier molecular flexibility index (Phi) is 5.07. The number of benzene rings is 3. The third-order valence-corrected chi connectivity index (χ3v) is 5.89. The molecule has 6 heteroatoms. The molecule has 0 spiro atoms. The van der Waals surface area contributed by atoms with E-state index in [0.717, 1.165) is 31.5 Å². The molecule has 152 valence electrons. The first-order valence-electron chi connectivity index (χ1n) is 9.75. The number of H-pyrrole nitrogens is 1. The van der Waals surface area contributed by atoms with Crippen LogP contribution in [0.1, 0.15) is 11.4 Å². The molecule has 5 nitrogen and oxygen atoms in total. The van der Waals surface area contributed by atoms with Crippen LogP contribution in [0.4, 0.5) is 0 Å². The van der Waals surface area contributed by atoms with Crippen molar-refractivity contribution in [3.05, 3.63) is 98.2 Å². The van der Waals surface area contributed by atoms with Gasteiger partial charge in [0.25, 0.3) is 5.56 Å². The molecule has 0 radical (unpaired) electrons. The highest BCUT2D eigenvalue weighted by Crippen LogP contribution is 2.22. The molecule has 0 unspecified atom stereocenters. The number of nitrogens with zero attached hydrogens (tertiary/aromatic N) is 2. The summed E-state index contributed by atoms with van der Waals surface area (Å²) in [6.07, 6.45) is 5.83. The van der Waals surface area contributed by atoms with Crippen LogP contribution < -0.4 is 10.3 Å². The Morgan fingerprint density at radius 2 is 1.81 bits per heavy atom. The Morgan fingerprint density at radius 3 is 2.61 bits per heavy atom. The van der Waals surface area contributed by atoms with E-state index in [1.165, 1.54) is 0 Å². The van der Waals surface area contributed by atoms with Crippen LogP contribution in [0.3, 0.4) is 0 Å². The lowest BCUT2D eigenvalue weighted by atomic mass is 10.1. The van der Waals surface area contributed by atoms with Crippen molar-refractivity contribution in [3.63, 3.8) is 0 Å². The second-order valence-electron chi connectivity index (χ2n) is 7.09. The number of ether oxygens (including phenoxy) is 1. The molecular weight excluding hydrogens is 501 g/mol. The van der Waals surface area contributed by atoms with Gasteiger partial charge < -0.3 is 9.72 Å². The van der Waals surface area contributed by atoms with Gasteiger partial charge in [0.2, 0.25) is 0 Å². The smallest absolute Gasteiger partial charge is 0.266 e. The zero-order chi connectivity index (χ0) is 21.4. The van der Waals surface area contributed by atoms with Gasteiger partial charge in [-0.3, -0.25) is 9.36 Å². The molecule has 31 heavy (non-hydrogen) atoms. The van der Waals surface area contributed by atoms with Gasteiger partial charge in [-0.2, -0.15) is 0 Å². The van der Waals surface area contributed by atoms with Gasteiger partial charge in [0.05, 0.1) is 23.7 Å². The van der Waals surface area contributed by atoms with E-state index in [9.17, 15) is 4.79 Å². The van der Waals surface area contributed by atoms with Crippen molar-refractivity contribution in [3.8, 4) is 11.4 Å². The number of hydrogen-bond donors (Lipinski definition) is 1. The minimum Gasteiger partial charge on any atom is -0.497 e. The number of hydrogen-bond acceptors (Lipinski definition) is 3. The van der Waals surface area contributed by atoms with E-state index in [1.54, 1.807) is 11.7 Å². The Labute approximate surface area is 192 Å². The molecule has 0 fully saturated rings. The van der Waals surface area contributed by atoms with Crippen LogP contribution in [0.15, 0.2) is 77.7 Å². The van der Waals surface area contributed by atoms with Crippen molar-refractivity contribution < 1.29 is 4.74 Å². The van der Waals surface area contributed by atoms with Gasteiger partial charge in [-0.1, -0.05) is 18.2 Å². The summed E-state index contributed by atoms with van der Waals surface area (Å²) in [6.45, 7) is 0. The summed E-state index contributed by atoms with van der Waals surface area (Å²) in [6, 6.07) is 21.2. The fourth-order valence-corrected chi connectivity index (χ4v) is 4.15. The van der Waals surface area contributed by atoms with E-state index in [4.69, 9.17) is 9.72 Å². The molecule has 0 aliphatic carbocycles. The average molecular weight is 519 g/mol. The summed E-state index contributed by atoms with van der Waals surface area (Å²) >= 11 is 2.21. The van der Waals surface area contributed by atoms with Gasteiger partial charge in [-0.05, 0) is 88.8 Å². The maximum Gasteiger partial charge on any atom is 0.266 e. The van der Waals surface area contributed by atoms with Gasteiger partial charge >= 0.3 is 0 Å². The summed E-state index contributed by atoms with van der Waals surface area (Å²) < 4.78 is 7.90. The highest BCUT2D eigenvalue weighted by molar-refractivity contribution is 14.1. The number of rotatable bonds is 4. The van der Waals surface area contributed by atoms with E-state index in [2.05, 4.69) is 33.6 Å². The van der Waals surface area contributed by atoms with Crippen molar-refractivity contribution >= 4 is 56.5 Å². The van der Waals surface area contributed by atoms with Gasteiger partial charge in [0.15, 0.2) is 0 Å². The van der Waals surface area contributed by atoms with Crippen LogP contribution in [-0.2, 0) is 0 Å². The Hall–Kier alpha value is -3.39. The Morgan fingerprint density at radius 1 is 1.00 bits per heavy atom. The predicted molar refractivity (Wildman–Crippen MR) is 134 cm³/mol.